The Bertz CT molecular complexity index is 323. The van der Waals surface area contributed by atoms with Crippen molar-refractivity contribution in [3.63, 3.8) is 0 Å². The van der Waals surface area contributed by atoms with Crippen LogP contribution in [0.1, 0.15) is 12.8 Å². The van der Waals surface area contributed by atoms with E-state index in [0.717, 1.165) is 18.6 Å². The molecule has 1 saturated carbocycles. The van der Waals surface area contributed by atoms with Crippen LogP contribution in [0.5, 0.6) is 17.4 Å². The molecule has 1 aliphatic carbocycles. The lowest BCUT2D eigenvalue weighted by Crippen LogP contribution is -1.99. The Morgan fingerprint density at radius 1 is 1.29 bits per heavy atom. The molecular weight excluding hydrogens is 182 g/mol. The van der Waals surface area contributed by atoms with Crippen molar-refractivity contribution in [3.05, 3.63) is 12.3 Å². The van der Waals surface area contributed by atoms with Gasteiger partial charge in [0.15, 0.2) is 5.75 Å². The summed E-state index contributed by atoms with van der Waals surface area (Å²) in [6.07, 6.45) is 4.29. The van der Waals surface area contributed by atoms with Gasteiger partial charge in [-0.3, -0.25) is 0 Å². The smallest absolute Gasteiger partial charge is 0.256 e. The van der Waals surface area contributed by atoms with Crippen molar-refractivity contribution in [1.82, 2.24) is 4.98 Å². The quantitative estimate of drug-likeness (QED) is 0.732. The van der Waals surface area contributed by atoms with Gasteiger partial charge in [0.1, 0.15) is 5.75 Å². The topological polar surface area (TPSA) is 40.6 Å². The zero-order valence-corrected chi connectivity index (χ0v) is 8.32. The lowest BCUT2D eigenvalue weighted by atomic mass is 10.4. The summed E-state index contributed by atoms with van der Waals surface area (Å²) < 4.78 is 15.7. The summed E-state index contributed by atoms with van der Waals surface area (Å²) >= 11 is 0. The molecule has 1 aromatic heterocycles. The van der Waals surface area contributed by atoms with E-state index in [0.29, 0.717) is 17.7 Å². The third-order valence-electron chi connectivity index (χ3n) is 2.03. The average molecular weight is 195 g/mol. The van der Waals surface area contributed by atoms with Gasteiger partial charge < -0.3 is 14.2 Å². The zero-order chi connectivity index (χ0) is 9.97. The van der Waals surface area contributed by atoms with Crippen molar-refractivity contribution < 1.29 is 14.2 Å². The van der Waals surface area contributed by atoms with Crippen LogP contribution in [-0.4, -0.2) is 25.3 Å². The number of hydrogen-bond acceptors (Lipinski definition) is 4. The van der Waals surface area contributed by atoms with Crippen molar-refractivity contribution in [1.29, 1.82) is 0 Å². The molecule has 4 heteroatoms. The van der Waals surface area contributed by atoms with E-state index in [-0.39, 0.29) is 0 Å². The minimum Gasteiger partial charge on any atom is -0.491 e. The van der Waals surface area contributed by atoms with Crippen molar-refractivity contribution in [3.8, 4) is 17.4 Å². The molecular formula is C10H13NO3. The number of nitrogens with zero attached hydrogens (tertiary/aromatic N) is 1. The van der Waals surface area contributed by atoms with E-state index in [2.05, 4.69) is 4.98 Å². The largest absolute Gasteiger partial charge is 0.491 e. The van der Waals surface area contributed by atoms with Crippen LogP contribution in [0.15, 0.2) is 12.3 Å². The lowest BCUT2D eigenvalue weighted by molar-refractivity contribution is 0.293. The molecule has 0 radical (unpaired) electrons. The van der Waals surface area contributed by atoms with Gasteiger partial charge >= 0.3 is 0 Å². The van der Waals surface area contributed by atoms with Crippen molar-refractivity contribution in [2.45, 2.75) is 18.9 Å². The second kappa shape index (κ2) is 3.74. The van der Waals surface area contributed by atoms with E-state index in [1.165, 1.54) is 0 Å². The molecule has 0 amide bonds. The summed E-state index contributed by atoms with van der Waals surface area (Å²) in [6.45, 7) is 0. The third-order valence-corrected chi connectivity index (χ3v) is 2.03. The molecule has 2 rings (SSSR count). The molecule has 0 saturated heterocycles. The Morgan fingerprint density at radius 3 is 2.64 bits per heavy atom. The number of hydrogen-bond donors (Lipinski definition) is 0. The van der Waals surface area contributed by atoms with Crippen molar-refractivity contribution in [2.75, 3.05) is 14.2 Å². The number of ether oxygens (including phenoxy) is 3. The highest BCUT2D eigenvalue weighted by Crippen LogP contribution is 2.32. The fourth-order valence-electron chi connectivity index (χ4n) is 1.16. The number of methoxy groups -OCH3 is 2. The second-order valence-electron chi connectivity index (χ2n) is 3.20. The molecule has 0 aromatic carbocycles. The van der Waals surface area contributed by atoms with Gasteiger partial charge in [-0.2, -0.15) is 0 Å². The minimum absolute atomic E-state index is 0.370. The van der Waals surface area contributed by atoms with Crippen LogP contribution in [0.4, 0.5) is 0 Å². The van der Waals surface area contributed by atoms with E-state index < -0.39 is 0 Å². The van der Waals surface area contributed by atoms with E-state index in [1.807, 2.05) is 0 Å². The second-order valence-corrected chi connectivity index (χ2v) is 3.20. The minimum atomic E-state index is 0.370. The molecule has 0 unspecified atom stereocenters. The van der Waals surface area contributed by atoms with Gasteiger partial charge in [0, 0.05) is 6.07 Å². The summed E-state index contributed by atoms with van der Waals surface area (Å²) in [5, 5.41) is 0. The predicted molar refractivity (Wildman–Crippen MR) is 51.0 cm³/mol. The van der Waals surface area contributed by atoms with Gasteiger partial charge in [0.05, 0.1) is 26.5 Å². The highest BCUT2D eigenvalue weighted by atomic mass is 16.5. The fourth-order valence-corrected chi connectivity index (χ4v) is 1.16. The molecule has 4 nitrogen and oxygen atoms in total. The summed E-state index contributed by atoms with van der Waals surface area (Å²) in [4.78, 5) is 4.08. The molecule has 1 aromatic rings. The van der Waals surface area contributed by atoms with E-state index in [4.69, 9.17) is 14.2 Å². The fraction of sp³-hybridized carbons (Fsp3) is 0.500. The monoisotopic (exact) mass is 195 g/mol. The van der Waals surface area contributed by atoms with Crippen LogP contribution in [0.25, 0.3) is 0 Å². The first-order valence-corrected chi connectivity index (χ1v) is 4.58. The maximum absolute atomic E-state index is 5.57. The van der Waals surface area contributed by atoms with Crippen molar-refractivity contribution >= 4 is 0 Å². The summed E-state index contributed by atoms with van der Waals surface area (Å²) in [5.41, 5.74) is 0. The SMILES string of the molecule is COc1cc(OC2CC2)cnc1OC. The Morgan fingerprint density at radius 2 is 2.07 bits per heavy atom. The van der Waals surface area contributed by atoms with Crippen LogP contribution in [0.2, 0.25) is 0 Å². The molecule has 0 atom stereocenters. The van der Waals surface area contributed by atoms with Crippen LogP contribution in [0, 0.1) is 0 Å². The molecule has 76 valence electrons. The lowest BCUT2D eigenvalue weighted by Gasteiger charge is -2.08. The molecule has 1 fully saturated rings. The van der Waals surface area contributed by atoms with Gasteiger partial charge in [-0.1, -0.05) is 0 Å². The van der Waals surface area contributed by atoms with Crippen LogP contribution < -0.4 is 14.2 Å². The maximum Gasteiger partial charge on any atom is 0.256 e. The van der Waals surface area contributed by atoms with Crippen LogP contribution >= 0.6 is 0 Å². The number of aromatic nitrogens is 1. The molecule has 14 heavy (non-hydrogen) atoms. The van der Waals surface area contributed by atoms with Gasteiger partial charge in [-0.05, 0) is 12.8 Å². The highest BCUT2D eigenvalue weighted by Gasteiger charge is 2.24. The van der Waals surface area contributed by atoms with E-state index >= 15 is 0 Å². The predicted octanol–water partition coefficient (Wildman–Crippen LogP) is 1.64. The van der Waals surface area contributed by atoms with Crippen LogP contribution in [-0.2, 0) is 0 Å². The van der Waals surface area contributed by atoms with Gasteiger partial charge in [-0.15, -0.1) is 0 Å². The molecule has 0 bridgehead atoms. The molecule has 0 N–H and O–H groups in total. The molecule has 1 aliphatic rings. The van der Waals surface area contributed by atoms with E-state index in [1.54, 1.807) is 26.5 Å². The van der Waals surface area contributed by atoms with Crippen molar-refractivity contribution in [2.24, 2.45) is 0 Å². The van der Waals surface area contributed by atoms with E-state index in [9.17, 15) is 0 Å². The first-order valence-electron chi connectivity index (χ1n) is 4.58. The molecule has 1 heterocycles. The number of pyridine rings is 1. The summed E-state index contributed by atoms with van der Waals surface area (Å²) in [5.74, 6) is 1.83. The molecule has 0 spiro atoms. The Hall–Kier alpha value is -1.45. The first kappa shape index (κ1) is 9.12. The first-order chi connectivity index (χ1) is 6.83. The Kier molecular flexibility index (Phi) is 2.43. The Balaban J connectivity index is 2.16. The van der Waals surface area contributed by atoms with Gasteiger partial charge in [0.2, 0.25) is 0 Å². The van der Waals surface area contributed by atoms with Gasteiger partial charge in [-0.25, -0.2) is 4.98 Å². The standard InChI is InChI=1S/C10H13NO3/c1-12-9-5-8(14-7-3-4-7)6-11-10(9)13-2/h5-7H,3-4H2,1-2H3. The van der Waals surface area contributed by atoms with Gasteiger partial charge in [0.25, 0.3) is 5.88 Å². The average Bonchev–Trinajstić information content (AvgIpc) is 3.01. The van der Waals surface area contributed by atoms with Crippen LogP contribution in [0.3, 0.4) is 0 Å². The third kappa shape index (κ3) is 1.89. The highest BCUT2D eigenvalue weighted by molar-refractivity contribution is 5.39. The summed E-state index contributed by atoms with van der Waals surface area (Å²) in [7, 11) is 3.15. The normalized spacial score (nSPS) is 15.0. The Labute approximate surface area is 82.8 Å². The maximum atomic E-state index is 5.57. The summed E-state index contributed by atoms with van der Waals surface area (Å²) in [6, 6.07) is 1.80. The number of rotatable bonds is 4. The zero-order valence-electron chi connectivity index (χ0n) is 8.32. The molecule has 0 aliphatic heterocycles.